The van der Waals surface area contributed by atoms with Crippen LogP contribution in [0, 0.1) is 0 Å². The van der Waals surface area contributed by atoms with Gasteiger partial charge in [-0.15, -0.1) is 0 Å². The maximum atomic E-state index is 10.5. The quantitative estimate of drug-likeness (QED) is 0.798. The van der Waals surface area contributed by atoms with Gasteiger partial charge >= 0.3 is 5.97 Å². The molecule has 0 fully saturated rings. The van der Waals surface area contributed by atoms with Gasteiger partial charge in [0.15, 0.2) is 0 Å². The van der Waals surface area contributed by atoms with Crippen LogP contribution in [0.1, 0.15) is 5.69 Å². The fourth-order valence-electron chi connectivity index (χ4n) is 1.60. The molecule has 4 nitrogen and oxygen atoms in total. The van der Waals surface area contributed by atoms with Crippen LogP contribution in [0.4, 0.5) is 0 Å². The highest BCUT2D eigenvalue weighted by atomic mass is 16.4. The number of hydrogen-bond acceptors (Lipinski definition) is 1. The lowest BCUT2D eigenvalue weighted by molar-refractivity contribution is -0.136. The van der Waals surface area contributed by atoms with Gasteiger partial charge in [-0.05, 0) is 24.3 Å². The van der Waals surface area contributed by atoms with Crippen molar-refractivity contribution in [3.05, 3.63) is 36.2 Å². The van der Waals surface area contributed by atoms with Gasteiger partial charge in [0.05, 0.1) is 17.8 Å². The van der Waals surface area contributed by atoms with E-state index in [0.717, 1.165) is 17.1 Å². The van der Waals surface area contributed by atoms with Crippen molar-refractivity contribution in [2.45, 2.75) is 6.42 Å². The summed E-state index contributed by atoms with van der Waals surface area (Å²) in [5.74, 6) is -0.824. The van der Waals surface area contributed by atoms with Crippen molar-refractivity contribution in [2.24, 2.45) is 7.05 Å². The van der Waals surface area contributed by atoms with Crippen LogP contribution in [-0.2, 0) is 18.3 Å². The molecule has 4 heteroatoms. The molecular weight excluding hydrogens is 192 g/mol. The Bertz CT molecular complexity index is 482. The molecule has 0 aliphatic heterocycles. The molecule has 0 unspecified atom stereocenters. The van der Waals surface area contributed by atoms with Crippen LogP contribution in [0.5, 0.6) is 0 Å². The Hall–Kier alpha value is -1.97. The van der Waals surface area contributed by atoms with Crippen LogP contribution in [0.3, 0.4) is 0 Å². The summed E-state index contributed by atoms with van der Waals surface area (Å²) in [6.07, 6.45) is 1.98. The number of aryl methyl sites for hydroxylation is 1. The minimum absolute atomic E-state index is 0.0322. The SMILES string of the molecule is Cn1cccc1-c1ccc(CC(=O)O)[nH]1. The molecule has 2 rings (SSSR count). The molecule has 78 valence electrons. The molecular formula is C11H12N2O2. The molecule has 0 amide bonds. The number of nitrogens with zero attached hydrogens (tertiary/aromatic N) is 1. The molecule has 0 spiro atoms. The number of aromatic nitrogens is 2. The Kier molecular flexibility index (Phi) is 2.33. The van der Waals surface area contributed by atoms with E-state index in [-0.39, 0.29) is 6.42 Å². The highest BCUT2D eigenvalue weighted by Crippen LogP contribution is 2.18. The minimum atomic E-state index is -0.824. The lowest BCUT2D eigenvalue weighted by atomic mass is 10.3. The van der Waals surface area contributed by atoms with Crippen molar-refractivity contribution in [1.82, 2.24) is 9.55 Å². The van der Waals surface area contributed by atoms with Crippen LogP contribution in [0.25, 0.3) is 11.4 Å². The Morgan fingerprint density at radius 2 is 2.27 bits per heavy atom. The van der Waals surface area contributed by atoms with E-state index in [0.29, 0.717) is 0 Å². The lowest BCUT2D eigenvalue weighted by Gasteiger charge is -1.99. The first-order chi connectivity index (χ1) is 7.16. The van der Waals surface area contributed by atoms with E-state index < -0.39 is 5.97 Å². The maximum absolute atomic E-state index is 10.5. The van der Waals surface area contributed by atoms with E-state index >= 15 is 0 Å². The maximum Gasteiger partial charge on any atom is 0.309 e. The van der Waals surface area contributed by atoms with Crippen LogP contribution in [0.2, 0.25) is 0 Å². The van der Waals surface area contributed by atoms with E-state index in [1.165, 1.54) is 0 Å². The number of aromatic amines is 1. The summed E-state index contributed by atoms with van der Waals surface area (Å²) < 4.78 is 1.98. The average Bonchev–Trinajstić information content (AvgIpc) is 2.72. The van der Waals surface area contributed by atoms with Gasteiger partial charge in [0, 0.05) is 18.9 Å². The van der Waals surface area contributed by atoms with E-state index in [4.69, 9.17) is 5.11 Å². The Morgan fingerprint density at radius 1 is 1.47 bits per heavy atom. The van der Waals surface area contributed by atoms with Crippen molar-refractivity contribution in [1.29, 1.82) is 0 Å². The van der Waals surface area contributed by atoms with E-state index in [9.17, 15) is 4.79 Å². The van der Waals surface area contributed by atoms with Gasteiger partial charge in [-0.1, -0.05) is 0 Å². The molecule has 0 atom stereocenters. The molecule has 2 aromatic heterocycles. The summed E-state index contributed by atoms with van der Waals surface area (Å²) in [5.41, 5.74) is 2.71. The van der Waals surface area contributed by atoms with Crippen LogP contribution < -0.4 is 0 Å². The molecule has 0 saturated carbocycles. The Balaban J connectivity index is 2.28. The number of nitrogens with one attached hydrogen (secondary N) is 1. The largest absolute Gasteiger partial charge is 0.481 e. The summed E-state index contributed by atoms with van der Waals surface area (Å²) in [6.45, 7) is 0. The Morgan fingerprint density at radius 3 is 2.87 bits per heavy atom. The summed E-state index contributed by atoms with van der Waals surface area (Å²) in [5, 5.41) is 8.64. The van der Waals surface area contributed by atoms with Crippen molar-refractivity contribution in [3.8, 4) is 11.4 Å². The van der Waals surface area contributed by atoms with E-state index in [1.54, 1.807) is 6.07 Å². The molecule has 0 aliphatic rings. The zero-order valence-electron chi connectivity index (χ0n) is 8.40. The monoisotopic (exact) mass is 204 g/mol. The summed E-state index contributed by atoms with van der Waals surface area (Å²) >= 11 is 0. The van der Waals surface area contributed by atoms with Gasteiger partial charge in [-0.2, -0.15) is 0 Å². The third-order valence-electron chi connectivity index (χ3n) is 2.31. The van der Waals surface area contributed by atoms with Crippen LogP contribution >= 0.6 is 0 Å². The average molecular weight is 204 g/mol. The second-order valence-corrected chi connectivity index (χ2v) is 3.47. The molecule has 15 heavy (non-hydrogen) atoms. The Labute approximate surface area is 87.2 Å². The fourth-order valence-corrected chi connectivity index (χ4v) is 1.60. The summed E-state index contributed by atoms with van der Waals surface area (Å²) in [6, 6.07) is 7.63. The highest BCUT2D eigenvalue weighted by Gasteiger charge is 2.06. The second kappa shape index (κ2) is 3.65. The highest BCUT2D eigenvalue weighted by molar-refractivity contribution is 5.70. The molecule has 0 aliphatic carbocycles. The van der Waals surface area contributed by atoms with Crippen LogP contribution in [0.15, 0.2) is 30.5 Å². The zero-order chi connectivity index (χ0) is 10.8. The van der Waals surface area contributed by atoms with Gasteiger partial charge < -0.3 is 14.7 Å². The molecule has 0 aromatic carbocycles. The predicted octanol–water partition coefficient (Wildman–Crippen LogP) is 1.65. The molecule has 0 radical (unpaired) electrons. The number of aliphatic carboxylic acids is 1. The smallest absolute Gasteiger partial charge is 0.309 e. The second-order valence-electron chi connectivity index (χ2n) is 3.47. The topological polar surface area (TPSA) is 58.0 Å². The van der Waals surface area contributed by atoms with E-state index in [1.807, 2.05) is 36.0 Å². The molecule has 0 saturated heterocycles. The first-order valence-electron chi connectivity index (χ1n) is 4.68. The number of carbonyl (C=O) groups is 1. The van der Waals surface area contributed by atoms with Gasteiger partial charge in [0.1, 0.15) is 0 Å². The van der Waals surface area contributed by atoms with Crippen molar-refractivity contribution < 1.29 is 9.90 Å². The molecule has 2 N–H and O–H groups in total. The normalized spacial score (nSPS) is 10.5. The van der Waals surface area contributed by atoms with Crippen molar-refractivity contribution >= 4 is 5.97 Å². The van der Waals surface area contributed by atoms with Gasteiger partial charge in [0.2, 0.25) is 0 Å². The first-order valence-corrected chi connectivity index (χ1v) is 4.68. The summed E-state index contributed by atoms with van der Waals surface area (Å²) in [4.78, 5) is 13.6. The van der Waals surface area contributed by atoms with Gasteiger partial charge in [-0.25, -0.2) is 0 Å². The summed E-state index contributed by atoms with van der Waals surface area (Å²) in [7, 11) is 1.95. The third kappa shape index (κ3) is 1.93. The minimum Gasteiger partial charge on any atom is -0.481 e. The van der Waals surface area contributed by atoms with Gasteiger partial charge in [-0.3, -0.25) is 4.79 Å². The van der Waals surface area contributed by atoms with Crippen molar-refractivity contribution in [3.63, 3.8) is 0 Å². The third-order valence-corrected chi connectivity index (χ3v) is 2.31. The first kappa shape index (κ1) is 9.58. The number of rotatable bonds is 3. The number of hydrogen-bond donors (Lipinski definition) is 2. The van der Waals surface area contributed by atoms with E-state index in [2.05, 4.69) is 4.98 Å². The van der Waals surface area contributed by atoms with Crippen molar-refractivity contribution in [2.75, 3.05) is 0 Å². The number of carboxylic acid groups (broad SMARTS) is 1. The van der Waals surface area contributed by atoms with Gasteiger partial charge in [0.25, 0.3) is 0 Å². The number of carboxylic acids is 1. The van der Waals surface area contributed by atoms with Crippen LogP contribution in [-0.4, -0.2) is 20.6 Å². The standard InChI is InChI=1S/C11H12N2O2/c1-13-6-2-3-10(13)9-5-4-8(12-9)7-11(14)15/h2-6,12H,7H2,1H3,(H,14,15). The number of H-pyrrole nitrogens is 1. The fraction of sp³-hybridized carbons (Fsp3) is 0.182. The molecule has 2 aromatic rings. The zero-order valence-corrected chi connectivity index (χ0v) is 8.40. The molecule has 0 bridgehead atoms. The molecule has 2 heterocycles. The predicted molar refractivity (Wildman–Crippen MR) is 56.5 cm³/mol. The lowest BCUT2D eigenvalue weighted by Crippen LogP contribution is -2.00.